The minimum atomic E-state index is -0.443. The molecule has 3 aliphatic rings. The summed E-state index contributed by atoms with van der Waals surface area (Å²) in [5.41, 5.74) is 4.48. The first-order valence-corrected chi connectivity index (χ1v) is 17.7. The van der Waals surface area contributed by atoms with E-state index in [0.29, 0.717) is 62.3 Å². The number of carbonyl (C=O) groups is 2. The van der Waals surface area contributed by atoms with Gasteiger partial charge in [-0.2, -0.15) is 0 Å². The van der Waals surface area contributed by atoms with E-state index in [4.69, 9.17) is 4.74 Å². The molecule has 6 heterocycles. The van der Waals surface area contributed by atoms with Crippen LogP contribution in [-0.2, 0) is 17.8 Å². The Morgan fingerprint density at radius 2 is 1.88 bits per heavy atom. The van der Waals surface area contributed by atoms with Gasteiger partial charge in [0.1, 0.15) is 5.69 Å². The Labute approximate surface area is 296 Å². The summed E-state index contributed by atoms with van der Waals surface area (Å²) in [5.74, 6) is 0.929. The summed E-state index contributed by atoms with van der Waals surface area (Å²) >= 11 is 0. The molecule has 0 unspecified atom stereocenters. The van der Waals surface area contributed by atoms with E-state index in [2.05, 4.69) is 37.1 Å². The maximum absolute atomic E-state index is 16.7. The summed E-state index contributed by atoms with van der Waals surface area (Å²) in [6.07, 6.45) is 14.7. The molecule has 12 nitrogen and oxygen atoms in total. The lowest BCUT2D eigenvalue weighted by Crippen LogP contribution is -2.49. The van der Waals surface area contributed by atoms with E-state index in [-0.39, 0.29) is 37.8 Å². The fourth-order valence-electron chi connectivity index (χ4n) is 7.05. The number of nitrogens with one attached hydrogen (secondary N) is 1. The highest BCUT2D eigenvalue weighted by Crippen LogP contribution is 2.38. The minimum Gasteiger partial charge on any atom is -0.487 e. The fourth-order valence-corrected chi connectivity index (χ4v) is 7.05. The quantitative estimate of drug-likeness (QED) is 0.207. The number of piperazine rings is 1. The molecule has 2 amide bonds. The lowest BCUT2D eigenvalue weighted by molar-refractivity contribution is -0.131. The number of amides is 2. The van der Waals surface area contributed by atoms with Crippen LogP contribution in [0.25, 0.3) is 27.6 Å². The lowest BCUT2D eigenvalue weighted by atomic mass is 9.91. The van der Waals surface area contributed by atoms with Crippen LogP contribution in [0.2, 0.25) is 0 Å². The van der Waals surface area contributed by atoms with Gasteiger partial charge in [0.05, 0.1) is 24.4 Å². The molecule has 0 bridgehead atoms. The number of hydrogen-bond acceptors (Lipinski definition) is 8. The normalized spacial score (nSPS) is 16.4. The van der Waals surface area contributed by atoms with Crippen molar-refractivity contribution in [2.24, 2.45) is 0 Å². The highest BCUT2D eigenvalue weighted by molar-refractivity contribution is 6.05. The zero-order valence-electron chi connectivity index (χ0n) is 28.6. The van der Waals surface area contributed by atoms with E-state index in [1.54, 1.807) is 51.5 Å². The molecule has 1 aliphatic carbocycles. The molecule has 264 valence electrons. The molecule has 51 heavy (non-hydrogen) atoms. The molecule has 1 saturated carbocycles. The summed E-state index contributed by atoms with van der Waals surface area (Å²) < 4.78 is 24.5. The predicted molar refractivity (Wildman–Crippen MR) is 193 cm³/mol. The summed E-state index contributed by atoms with van der Waals surface area (Å²) in [4.78, 5) is 45.1. The first-order chi connectivity index (χ1) is 25.0. The summed E-state index contributed by atoms with van der Waals surface area (Å²) in [6, 6.07) is 9.44. The Bertz CT molecular complexity index is 2110. The molecule has 0 spiro atoms. The first kappa shape index (κ1) is 32.6. The van der Waals surface area contributed by atoms with Crippen LogP contribution < -0.4 is 9.64 Å². The van der Waals surface area contributed by atoms with Crippen molar-refractivity contribution >= 4 is 34.1 Å². The molecule has 13 heteroatoms. The third-order valence-corrected chi connectivity index (χ3v) is 9.98. The van der Waals surface area contributed by atoms with Crippen LogP contribution >= 0.6 is 0 Å². The molecule has 2 aliphatic heterocycles. The van der Waals surface area contributed by atoms with Crippen molar-refractivity contribution in [3.63, 3.8) is 0 Å². The maximum atomic E-state index is 16.7. The van der Waals surface area contributed by atoms with Crippen LogP contribution in [-0.4, -0.2) is 96.9 Å². The average molecular weight is 692 g/mol. The molecule has 1 saturated heterocycles. The molecular weight excluding hydrogens is 649 g/mol. The number of aromatic amines is 1. The first-order valence-electron chi connectivity index (χ1n) is 17.7. The number of rotatable bonds is 10. The minimum absolute atomic E-state index is 0. The standard InChI is InChI=1S/C38H40FN9O3.H2/c1-2-25-9-12-40-23-31(25)29-21-28(26-5-4-14-47(24-26)34(49)10-15-48-16-13-42-44-48)35(39)36-30(29)22-32(43-36)38(50)46-19-17-45(18-20-46)37-33(6-3-11-41-37)51-27-7-8-27;/h3,5-6,9,11-13,16,21-23,27,43H,2,4,7-8,10,14-15,17-20,24H2,1H3;1H. The topological polar surface area (TPSA) is 125 Å². The number of aromatic nitrogens is 6. The van der Waals surface area contributed by atoms with E-state index in [1.165, 1.54) is 0 Å². The average Bonchev–Trinajstić information content (AvgIpc) is 3.62. The van der Waals surface area contributed by atoms with Crippen LogP contribution in [0.1, 0.15) is 55.6 Å². The van der Waals surface area contributed by atoms with Crippen LogP contribution in [0.3, 0.4) is 0 Å². The number of pyridine rings is 2. The molecular formula is C38H42FN9O3. The highest BCUT2D eigenvalue weighted by atomic mass is 19.1. The van der Waals surface area contributed by atoms with Gasteiger partial charge >= 0.3 is 0 Å². The van der Waals surface area contributed by atoms with E-state index in [9.17, 15) is 9.59 Å². The molecule has 0 radical (unpaired) electrons. The number of anilines is 1. The second kappa shape index (κ2) is 14.0. The lowest BCUT2D eigenvalue weighted by Gasteiger charge is -2.35. The van der Waals surface area contributed by atoms with Crippen molar-refractivity contribution in [3.05, 3.63) is 90.0 Å². The Balaban J connectivity index is 0.00000420. The maximum Gasteiger partial charge on any atom is 0.270 e. The van der Waals surface area contributed by atoms with Crippen molar-refractivity contribution in [1.82, 2.24) is 39.7 Å². The van der Waals surface area contributed by atoms with Gasteiger partial charge in [-0.1, -0.05) is 18.2 Å². The second-order valence-electron chi connectivity index (χ2n) is 13.3. The summed E-state index contributed by atoms with van der Waals surface area (Å²) in [6.45, 7) is 5.53. The Morgan fingerprint density at radius 1 is 1.02 bits per heavy atom. The van der Waals surface area contributed by atoms with Crippen LogP contribution in [0.4, 0.5) is 10.2 Å². The Kier molecular flexibility index (Phi) is 8.93. The van der Waals surface area contributed by atoms with Gasteiger partial charge in [0, 0.05) is 88.4 Å². The number of hydrogen-bond donors (Lipinski definition) is 1. The highest BCUT2D eigenvalue weighted by Gasteiger charge is 2.30. The van der Waals surface area contributed by atoms with Crippen LogP contribution in [0, 0.1) is 5.82 Å². The number of benzene rings is 1. The van der Waals surface area contributed by atoms with Gasteiger partial charge in [-0.3, -0.25) is 19.3 Å². The van der Waals surface area contributed by atoms with Gasteiger partial charge in [-0.25, -0.2) is 9.37 Å². The number of nitrogens with zero attached hydrogens (tertiary/aromatic N) is 8. The number of carbonyl (C=O) groups excluding carboxylic acids is 2. The predicted octanol–water partition coefficient (Wildman–Crippen LogP) is 5.37. The van der Waals surface area contributed by atoms with Gasteiger partial charge in [0.15, 0.2) is 17.4 Å². The number of ether oxygens (including phenoxy) is 1. The summed E-state index contributed by atoms with van der Waals surface area (Å²) in [7, 11) is 0. The van der Waals surface area contributed by atoms with Gasteiger partial charge in [0.25, 0.3) is 5.91 Å². The largest absolute Gasteiger partial charge is 0.487 e. The smallest absolute Gasteiger partial charge is 0.270 e. The monoisotopic (exact) mass is 691 g/mol. The molecule has 0 atom stereocenters. The van der Waals surface area contributed by atoms with E-state index in [0.717, 1.165) is 53.1 Å². The zero-order chi connectivity index (χ0) is 34.9. The van der Waals surface area contributed by atoms with Gasteiger partial charge in [-0.05, 0) is 72.7 Å². The van der Waals surface area contributed by atoms with Crippen molar-refractivity contribution in [2.75, 3.05) is 44.2 Å². The van der Waals surface area contributed by atoms with Crippen LogP contribution in [0.5, 0.6) is 5.75 Å². The number of halogens is 1. The van der Waals surface area contributed by atoms with Gasteiger partial charge < -0.3 is 24.4 Å². The number of fused-ring (bicyclic) bond motifs is 1. The van der Waals surface area contributed by atoms with Crippen molar-refractivity contribution in [3.8, 4) is 16.9 Å². The number of aryl methyl sites for hydroxylation is 2. The third kappa shape index (κ3) is 6.67. The van der Waals surface area contributed by atoms with E-state index in [1.807, 2.05) is 30.3 Å². The van der Waals surface area contributed by atoms with E-state index < -0.39 is 5.82 Å². The zero-order valence-corrected chi connectivity index (χ0v) is 28.6. The van der Waals surface area contributed by atoms with E-state index >= 15 is 4.39 Å². The van der Waals surface area contributed by atoms with Crippen molar-refractivity contribution in [1.29, 1.82) is 0 Å². The van der Waals surface area contributed by atoms with Crippen LogP contribution in [0.15, 0.2) is 67.4 Å². The molecule has 1 N–H and O–H groups in total. The summed E-state index contributed by atoms with van der Waals surface area (Å²) in [5, 5.41) is 8.38. The molecule has 8 rings (SSSR count). The molecule has 1 aromatic carbocycles. The van der Waals surface area contributed by atoms with Gasteiger partial charge in [-0.15, -0.1) is 5.10 Å². The van der Waals surface area contributed by atoms with Gasteiger partial charge in [0.2, 0.25) is 5.91 Å². The van der Waals surface area contributed by atoms with Crippen molar-refractivity contribution in [2.45, 2.75) is 51.7 Å². The fraction of sp³-hybridized carbons (Fsp3) is 0.368. The second-order valence-corrected chi connectivity index (χ2v) is 13.3. The third-order valence-electron chi connectivity index (χ3n) is 9.98. The molecule has 4 aromatic heterocycles. The Morgan fingerprint density at radius 3 is 2.67 bits per heavy atom. The molecule has 2 fully saturated rings. The van der Waals surface area contributed by atoms with Crippen molar-refractivity contribution < 1.29 is 20.1 Å². The Hall–Kier alpha value is -5.59. The SMILES string of the molecule is CCc1ccncc1-c1cc(C2=CCCN(C(=O)CCn3ccnn3)C2)c(F)c2[nH]c(C(=O)N3CCN(c4ncccc4OC4CC4)CC3)cc12.[HH]. The number of H-pyrrole nitrogens is 1. The molecule has 5 aromatic rings.